The van der Waals surface area contributed by atoms with Crippen LogP contribution < -0.4 is 10.1 Å². The van der Waals surface area contributed by atoms with Crippen molar-refractivity contribution in [3.05, 3.63) is 76.1 Å². The minimum absolute atomic E-state index is 0.0174. The number of hydrogen-bond donors (Lipinski definition) is 1. The summed E-state index contributed by atoms with van der Waals surface area (Å²) in [6.45, 7) is 9.98. The lowest BCUT2D eigenvalue weighted by molar-refractivity contribution is -0.139. The molecule has 0 heterocycles. The molecule has 5 nitrogen and oxygen atoms in total. The second kappa shape index (κ2) is 8.01. The second-order valence-electron chi connectivity index (χ2n) is 6.31. The number of carbonyl (C=O) groups is 1. The molecule has 0 bridgehead atoms. The van der Waals surface area contributed by atoms with E-state index in [2.05, 4.69) is 10.2 Å². The molecule has 1 N–H and O–H groups in total. The smallest absolute Gasteiger partial charge is 0.419 e. The highest BCUT2D eigenvalue weighted by atomic mass is 19.4. The third-order valence-corrected chi connectivity index (χ3v) is 3.87. The summed E-state index contributed by atoms with van der Waals surface area (Å²) < 4.78 is 44.7. The number of aryl methyl sites for hydroxylation is 1. The quantitative estimate of drug-likeness (QED) is 0.777. The molecular formula is C20H16F3N3O2. The molecule has 0 aliphatic rings. The molecule has 1 unspecified atom stereocenters. The van der Waals surface area contributed by atoms with Crippen LogP contribution in [0.15, 0.2) is 42.5 Å². The van der Waals surface area contributed by atoms with Crippen LogP contribution in [0.2, 0.25) is 0 Å². The summed E-state index contributed by atoms with van der Waals surface area (Å²) >= 11 is 0. The maximum absolute atomic E-state index is 13.2. The van der Waals surface area contributed by atoms with Gasteiger partial charge in [-0.3, -0.25) is 15.0 Å². The Kier molecular flexibility index (Phi) is 5.95. The Morgan fingerprint density at radius 3 is 2.43 bits per heavy atom. The van der Waals surface area contributed by atoms with Gasteiger partial charge in [0.2, 0.25) is 0 Å². The Balaban J connectivity index is 2.21. The van der Waals surface area contributed by atoms with E-state index in [0.717, 1.165) is 23.8 Å². The van der Waals surface area contributed by atoms with Gasteiger partial charge in [0.1, 0.15) is 5.75 Å². The zero-order chi connectivity index (χ0) is 20.9. The van der Waals surface area contributed by atoms with Gasteiger partial charge in [-0.2, -0.15) is 18.4 Å². The van der Waals surface area contributed by atoms with E-state index in [0.29, 0.717) is 5.56 Å². The van der Waals surface area contributed by atoms with Gasteiger partial charge in [-0.15, -0.1) is 0 Å². The van der Waals surface area contributed by atoms with E-state index in [1.54, 1.807) is 30.3 Å². The molecule has 1 atom stereocenters. The van der Waals surface area contributed by atoms with E-state index < -0.39 is 35.7 Å². The molecule has 0 spiro atoms. The van der Waals surface area contributed by atoms with E-state index in [1.165, 1.54) is 6.92 Å². The van der Waals surface area contributed by atoms with Crippen molar-refractivity contribution in [1.29, 1.82) is 5.26 Å². The molecule has 2 aromatic rings. The second-order valence-corrected chi connectivity index (χ2v) is 6.31. The van der Waals surface area contributed by atoms with Gasteiger partial charge in [-0.1, -0.05) is 17.7 Å². The van der Waals surface area contributed by atoms with Crippen LogP contribution in [0.5, 0.6) is 5.75 Å². The van der Waals surface area contributed by atoms with Gasteiger partial charge in [0.15, 0.2) is 6.61 Å². The normalized spacial score (nSPS) is 13.0. The number of rotatable bonds is 5. The van der Waals surface area contributed by atoms with Crippen LogP contribution in [0.4, 0.5) is 13.2 Å². The third-order valence-electron chi connectivity index (χ3n) is 3.87. The molecule has 0 saturated heterocycles. The van der Waals surface area contributed by atoms with Crippen molar-refractivity contribution in [1.82, 2.24) is 5.32 Å². The maximum Gasteiger partial charge on any atom is 0.419 e. The van der Waals surface area contributed by atoms with Crippen LogP contribution in [0, 0.1) is 24.8 Å². The first-order valence-corrected chi connectivity index (χ1v) is 8.10. The van der Waals surface area contributed by atoms with Gasteiger partial charge in [-0.05, 0) is 37.3 Å². The summed E-state index contributed by atoms with van der Waals surface area (Å²) in [5, 5.41) is 11.4. The number of halogens is 3. The minimum atomic E-state index is -4.69. The number of benzene rings is 2. The van der Waals surface area contributed by atoms with Crippen molar-refractivity contribution in [2.75, 3.05) is 6.61 Å². The van der Waals surface area contributed by atoms with Gasteiger partial charge < -0.3 is 4.74 Å². The summed E-state index contributed by atoms with van der Waals surface area (Å²) in [5.74, 6) is -1.13. The Morgan fingerprint density at radius 2 is 1.89 bits per heavy atom. The lowest BCUT2D eigenvalue weighted by Crippen LogP contribution is -2.47. The van der Waals surface area contributed by atoms with Crippen molar-refractivity contribution < 1.29 is 22.7 Å². The molecule has 1 amide bonds. The topological polar surface area (TPSA) is 66.5 Å². The number of carbonyl (C=O) groups excluding carboxylic acids is 1. The Hall–Kier alpha value is -3.52. The van der Waals surface area contributed by atoms with E-state index in [9.17, 15) is 18.0 Å². The molecular weight excluding hydrogens is 371 g/mol. The van der Waals surface area contributed by atoms with Gasteiger partial charge in [0, 0.05) is 12.5 Å². The molecule has 0 aromatic heterocycles. The summed E-state index contributed by atoms with van der Waals surface area (Å²) in [4.78, 5) is 15.6. The fourth-order valence-electron chi connectivity index (χ4n) is 2.28. The summed E-state index contributed by atoms with van der Waals surface area (Å²) in [5.41, 5.74) is -1.43. The molecule has 0 aliphatic heterocycles. The Bertz CT molecular complexity index is 957. The van der Waals surface area contributed by atoms with Crippen LogP contribution in [-0.4, -0.2) is 18.2 Å². The predicted molar refractivity (Wildman–Crippen MR) is 95.3 cm³/mol. The number of alkyl halides is 3. The molecule has 2 aromatic carbocycles. The monoisotopic (exact) mass is 387 g/mol. The van der Waals surface area contributed by atoms with Crippen molar-refractivity contribution in [3.8, 4) is 11.8 Å². The molecule has 144 valence electrons. The first kappa shape index (κ1) is 20.8. The number of hydrogen-bond acceptors (Lipinski definition) is 3. The van der Waals surface area contributed by atoms with Crippen molar-refractivity contribution in [3.63, 3.8) is 0 Å². The summed E-state index contributed by atoms with van der Waals surface area (Å²) in [6.07, 6.45) is -4.69. The van der Waals surface area contributed by atoms with Gasteiger partial charge in [0.25, 0.3) is 5.91 Å². The average Bonchev–Trinajstić information content (AvgIpc) is 2.65. The highest BCUT2D eigenvalue weighted by Crippen LogP contribution is 2.37. The average molecular weight is 387 g/mol. The van der Waals surface area contributed by atoms with Crippen LogP contribution in [0.25, 0.3) is 4.85 Å². The number of nitrogens with zero attached hydrogens (tertiary/aromatic N) is 2. The maximum atomic E-state index is 13.2. The zero-order valence-corrected chi connectivity index (χ0v) is 15.1. The van der Waals surface area contributed by atoms with E-state index in [1.807, 2.05) is 6.92 Å². The fraction of sp³-hybridized carbons (Fsp3) is 0.250. The predicted octanol–water partition coefficient (Wildman–Crippen LogP) is 4.33. The Labute approximate surface area is 160 Å². The molecule has 0 radical (unpaired) electrons. The largest absolute Gasteiger partial charge is 0.482 e. The number of ether oxygens (including phenoxy) is 1. The van der Waals surface area contributed by atoms with Crippen molar-refractivity contribution in [2.24, 2.45) is 0 Å². The van der Waals surface area contributed by atoms with E-state index in [4.69, 9.17) is 16.6 Å². The zero-order valence-electron chi connectivity index (χ0n) is 15.1. The highest BCUT2D eigenvalue weighted by Gasteiger charge is 2.38. The van der Waals surface area contributed by atoms with Crippen molar-refractivity contribution >= 4 is 5.91 Å². The molecule has 8 heteroatoms. The SMILES string of the molecule is [C-]#[N+]C(C)(COc1cc(C#N)ccc1C(F)(F)F)NC(=O)c1ccc(C)cc1. The summed E-state index contributed by atoms with van der Waals surface area (Å²) in [7, 11) is 0. The van der Waals surface area contributed by atoms with E-state index in [-0.39, 0.29) is 5.56 Å². The van der Waals surface area contributed by atoms with Crippen LogP contribution in [0.3, 0.4) is 0 Å². The van der Waals surface area contributed by atoms with Gasteiger partial charge >= 0.3 is 11.8 Å². The van der Waals surface area contributed by atoms with Gasteiger partial charge in [-0.25, -0.2) is 6.57 Å². The first-order chi connectivity index (χ1) is 13.1. The third kappa shape index (κ3) is 5.01. The lowest BCUT2D eigenvalue weighted by atomic mass is 10.1. The minimum Gasteiger partial charge on any atom is -0.482 e. The van der Waals surface area contributed by atoms with Crippen LogP contribution in [-0.2, 0) is 6.18 Å². The Morgan fingerprint density at radius 1 is 1.25 bits per heavy atom. The van der Waals surface area contributed by atoms with Crippen LogP contribution in [0.1, 0.15) is 34.0 Å². The molecule has 0 aliphatic carbocycles. The number of nitrogens with one attached hydrogen (secondary N) is 1. The fourth-order valence-corrected chi connectivity index (χ4v) is 2.28. The molecule has 2 rings (SSSR count). The van der Waals surface area contributed by atoms with Crippen LogP contribution >= 0.6 is 0 Å². The highest BCUT2D eigenvalue weighted by molar-refractivity contribution is 5.94. The molecule has 0 saturated carbocycles. The lowest BCUT2D eigenvalue weighted by Gasteiger charge is -2.21. The summed E-state index contributed by atoms with van der Waals surface area (Å²) in [6, 6.07) is 11.1. The van der Waals surface area contributed by atoms with Gasteiger partial charge in [0.05, 0.1) is 17.2 Å². The van der Waals surface area contributed by atoms with Crippen molar-refractivity contribution in [2.45, 2.75) is 25.7 Å². The van der Waals surface area contributed by atoms with E-state index >= 15 is 0 Å². The number of amides is 1. The molecule has 28 heavy (non-hydrogen) atoms. The standard InChI is InChI=1S/C20H16F3N3O2/c1-13-4-7-15(8-5-13)18(27)26-19(2,25-3)12-28-17-10-14(11-24)6-9-16(17)20(21,22)23/h4-10H,12H2,1-2H3,(H,26,27). The number of nitriles is 1. The first-order valence-electron chi connectivity index (χ1n) is 8.10. The molecule has 0 fully saturated rings.